The van der Waals surface area contributed by atoms with E-state index >= 15 is 0 Å². The molecule has 0 amide bonds. The Kier molecular flexibility index (Phi) is 3.30. The highest BCUT2D eigenvalue weighted by atomic mass is 16.3. The Labute approximate surface area is 96.7 Å². The first-order valence-corrected chi connectivity index (χ1v) is 5.98. The van der Waals surface area contributed by atoms with Gasteiger partial charge in [-0.05, 0) is 38.2 Å². The maximum atomic E-state index is 10.2. The fourth-order valence-electron chi connectivity index (χ4n) is 1.75. The molecule has 4 nitrogen and oxygen atoms in total. The zero-order chi connectivity index (χ0) is 11.6. The van der Waals surface area contributed by atoms with Gasteiger partial charge in [-0.25, -0.2) is 0 Å². The molecule has 1 atom stereocenters. The number of nitrogens with zero attached hydrogens (tertiary/aromatic N) is 2. The molecule has 1 aliphatic rings. The van der Waals surface area contributed by atoms with Crippen LogP contribution in [-0.4, -0.2) is 33.1 Å². The highest BCUT2D eigenvalue weighted by Gasteiger charge is 2.26. The van der Waals surface area contributed by atoms with Crippen LogP contribution in [0.1, 0.15) is 31.7 Å². The number of aryl methyl sites for hydroxylation is 2. The monoisotopic (exact) mass is 223 g/mol. The maximum Gasteiger partial charge on any atom is 0.0746 e. The molecule has 1 unspecified atom stereocenters. The van der Waals surface area contributed by atoms with Gasteiger partial charge in [0.25, 0.3) is 0 Å². The first kappa shape index (κ1) is 11.6. The summed E-state index contributed by atoms with van der Waals surface area (Å²) >= 11 is 0. The summed E-state index contributed by atoms with van der Waals surface area (Å²) in [5.41, 5.74) is 0.576. The summed E-state index contributed by atoms with van der Waals surface area (Å²) in [6.07, 6.45) is 8.05. The molecule has 2 rings (SSSR count). The van der Waals surface area contributed by atoms with Crippen molar-refractivity contribution in [3.05, 3.63) is 18.0 Å². The second-order valence-electron chi connectivity index (χ2n) is 5.17. The number of hydrogen-bond acceptors (Lipinski definition) is 3. The lowest BCUT2D eigenvalue weighted by Gasteiger charge is -2.23. The van der Waals surface area contributed by atoms with E-state index in [1.807, 2.05) is 26.4 Å². The summed E-state index contributed by atoms with van der Waals surface area (Å²) < 4.78 is 1.80. The molecule has 90 valence electrons. The Hall–Kier alpha value is -0.870. The van der Waals surface area contributed by atoms with Crippen LogP contribution in [0.3, 0.4) is 0 Å². The fourth-order valence-corrected chi connectivity index (χ4v) is 1.75. The Morgan fingerprint density at radius 3 is 2.94 bits per heavy atom. The third-order valence-corrected chi connectivity index (χ3v) is 3.06. The van der Waals surface area contributed by atoms with Crippen LogP contribution in [-0.2, 0) is 13.5 Å². The summed E-state index contributed by atoms with van der Waals surface area (Å²) in [7, 11) is 1.91. The summed E-state index contributed by atoms with van der Waals surface area (Å²) in [5, 5.41) is 17.7. The van der Waals surface area contributed by atoms with Crippen molar-refractivity contribution in [2.45, 2.75) is 44.2 Å². The number of nitrogens with one attached hydrogen (secondary N) is 1. The lowest BCUT2D eigenvalue weighted by molar-refractivity contribution is 0.0507. The molecule has 1 aliphatic carbocycles. The molecule has 0 radical (unpaired) electrons. The van der Waals surface area contributed by atoms with E-state index in [2.05, 4.69) is 10.4 Å². The predicted molar refractivity (Wildman–Crippen MR) is 63.2 cm³/mol. The fraction of sp³-hybridized carbons (Fsp3) is 0.750. The van der Waals surface area contributed by atoms with E-state index in [0.29, 0.717) is 12.6 Å². The van der Waals surface area contributed by atoms with Crippen molar-refractivity contribution < 1.29 is 5.11 Å². The van der Waals surface area contributed by atoms with Gasteiger partial charge in [0.15, 0.2) is 0 Å². The van der Waals surface area contributed by atoms with Gasteiger partial charge in [-0.15, -0.1) is 0 Å². The molecule has 1 saturated carbocycles. The molecule has 0 bridgehead atoms. The summed E-state index contributed by atoms with van der Waals surface area (Å²) in [6.45, 7) is 2.59. The highest BCUT2D eigenvalue weighted by molar-refractivity contribution is 5.04. The van der Waals surface area contributed by atoms with Crippen molar-refractivity contribution in [3.8, 4) is 0 Å². The van der Waals surface area contributed by atoms with Crippen LogP contribution in [0.5, 0.6) is 0 Å². The van der Waals surface area contributed by atoms with Crippen LogP contribution in [0, 0.1) is 0 Å². The molecule has 2 N–H and O–H groups in total. The maximum absolute atomic E-state index is 10.2. The van der Waals surface area contributed by atoms with Crippen molar-refractivity contribution >= 4 is 0 Å². The second kappa shape index (κ2) is 4.55. The minimum absolute atomic E-state index is 0.613. The molecule has 1 heterocycles. The number of aliphatic hydroxyl groups is 1. The SMILES string of the molecule is Cn1cc(CCC(C)(O)CNC2CC2)cn1. The van der Waals surface area contributed by atoms with Crippen LogP contribution in [0.4, 0.5) is 0 Å². The van der Waals surface area contributed by atoms with Gasteiger partial charge >= 0.3 is 0 Å². The van der Waals surface area contributed by atoms with Crippen molar-refractivity contribution in [3.63, 3.8) is 0 Å². The van der Waals surface area contributed by atoms with E-state index in [-0.39, 0.29) is 0 Å². The van der Waals surface area contributed by atoms with Crippen LogP contribution in [0.25, 0.3) is 0 Å². The van der Waals surface area contributed by atoms with Crippen molar-refractivity contribution in [1.82, 2.24) is 15.1 Å². The molecule has 1 fully saturated rings. The van der Waals surface area contributed by atoms with Crippen molar-refractivity contribution in [2.24, 2.45) is 7.05 Å². The molecule has 1 aromatic rings. The predicted octanol–water partition coefficient (Wildman–Crippen LogP) is 0.856. The third kappa shape index (κ3) is 3.61. The zero-order valence-electron chi connectivity index (χ0n) is 10.1. The lowest BCUT2D eigenvalue weighted by atomic mass is 9.98. The molecule has 0 saturated heterocycles. The van der Waals surface area contributed by atoms with Gasteiger partial charge in [-0.1, -0.05) is 0 Å². The van der Waals surface area contributed by atoms with Gasteiger partial charge in [0, 0.05) is 25.8 Å². The molecule has 4 heteroatoms. The smallest absolute Gasteiger partial charge is 0.0746 e. The van der Waals surface area contributed by atoms with E-state index in [0.717, 1.165) is 12.8 Å². The molecule has 0 spiro atoms. The normalized spacial score (nSPS) is 19.7. The Bertz CT molecular complexity index is 342. The number of aromatic nitrogens is 2. The van der Waals surface area contributed by atoms with Gasteiger partial charge in [0.2, 0.25) is 0 Å². The minimum atomic E-state index is -0.613. The molecule has 16 heavy (non-hydrogen) atoms. The molecular formula is C12H21N3O. The van der Waals surface area contributed by atoms with Gasteiger partial charge in [0.05, 0.1) is 11.8 Å². The van der Waals surface area contributed by atoms with Crippen LogP contribution < -0.4 is 5.32 Å². The highest BCUT2D eigenvalue weighted by Crippen LogP contribution is 2.20. The van der Waals surface area contributed by atoms with Crippen LogP contribution in [0.2, 0.25) is 0 Å². The summed E-state index contributed by atoms with van der Waals surface area (Å²) in [5.74, 6) is 0. The topological polar surface area (TPSA) is 50.1 Å². The Morgan fingerprint density at radius 1 is 1.62 bits per heavy atom. The van der Waals surface area contributed by atoms with Gasteiger partial charge in [-0.3, -0.25) is 4.68 Å². The number of hydrogen-bond donors (Lipinski definition) is 2. The average Bonchev–Trinajstić information content (AvgIpc) is 2.96. The summed E-state index contributed by atoms with van der Waals surface area (Å²) in [4.78, 5) is 0. The second-order valence-corrected chi connectivity index (χ2v) is 5.17. The quantitative estimate of drug-likeness (QED) is 0.752. The lowest BCUT2D eigenvalue weighted by Crippen LogP contribution is -2.39. The van der Waals surface area contributed by atoms with Crippen LogP contribution >= 0.6 is 0 Å². The molecular weight excluding hydrogens is 202 g/mol. The summed E-state index contributed by atoms with van der Waals surface area (Å²) in [6, 6.07) is 0.657. The zero-order valence-corrected chi connectivity index (χ0v) is 10.1. The molecule has 0 aromatic carbocycles. The number of rotatable bonds is 6. The van der Waals surface area contributed by atoms with E-state index in [1.54, 1.807) is 4.68 Å². The standard InChI is InChI=1S/C12H21N3O/c1-12(16,9-13-11-3-4-11)6-5-10-7-14-15(2)8-10/h7-8,11,13,16H,3-6,9H2,1-2H3. The van der Waals surface area contributed by atoms with E-state index in [9.17, 15) is 5.11 Å². The Balaban J connectivity index is 1.74. The van der Waals surface area contributed by atoms with Crippen molar-refractivity contribution in [2.75, 3.05) is 6.54 Å². The first-order chi connectivity index (χ1) is 7.55. The molecule has 0 aliphatic heterocycles. The van der Waals surface area contributed by atoms with Crippen LogP contribution in [0.15, 0.2) is 12.4 Å². The van der Waals surface area contributed by atoms with E-state index in [4.69, 9.17) is 0 Å². The first-order valence-electron chi connectivity index (χ1n) is 5.98. The van der Waals surface area contributed by atoms with E-state index < -0.39 is 5.60 Å². The third-order valence-electron chi connectivity index (χ3n) is 3.06. The average molecular weight is 223 g/mol. The van der Waals surface area contributed by atoms with Gasteiger partial charge in [-0.2, -0.15) is 5.10 Å². The minimum Gasteiger partial charge on any atom is -0.389 e. The van der Waals surface area contributed by atoms with E-state index in [1.165, 1.54) is 18.4 Å². The van der Waals surface area contributed by atoms with Gasteiger partial charge in [0.1, 0.15) is 0 Å². The molecule has 1 aromatic heterocycles. The Morgan fingerprint density at radius 2 is 2.38 bits per heavy atom. The largest absolute Gasteiger partial charge is 0.389 e. The van der Waals surface area contributed by atoms with Gasteiger partial charge < -0.3 is 10.4 Å². The van der Waals surface area contributed by atoms with Crippen molar-refractivity contribution in [1.29, 1.82) is 0 Å².